The van der Waals surface area contributed by atoms with Gasteiger partial charge < -0.3 is 35.1 Å². The normalized spacial score (nSPS) is 21.9. The van der Waals surface area contributed by atoms with Gasteiger partial charge in [-0.1, -0.05) is 50.5 Å². The molecule has 0 radical (unpaired) electrons. The van der Waals surface area contributed by atoms with Crippen molar-refractivity contribution >= 4 is 31.1 Å². The molecule has 1 saturated heterocycles. The highest BCUT2D eigenvalue weighted by molar-refractivity contribution is 6.43. The van der Waals surface area contributed by atoms with Crippen LogP contribution in [0.3, 0.4) is 0 Å². The average molecular weight is 601 g/mol. The van der Waals surface area contributed by atoms with Gasteiger partial charge in [0.2, 0.25) is 11.8 Å². The smallest absolute Gasteiger partial charge is 0.444 e. The Hall–Kier alpha value is -3.32. The Morgan fingerprint density at radius 3 is 2.21 bits per heavy atom. The zero-order valence-electron chi connectivity index (χ0n) is 25.6. The number of carbonyl (C=O) groups is 4. The predicted octanol–water partition coefficient (Wildman–Crippen LogP) is 2.49. The molecule has 13 heteroatoms. The van der Waals surface area contributed by atoms with Crippen LogP contribution in [0.2, 0.25) is 0 Å². The van der Waals surface area contributed by atoms with Crippen molar-refractivity contribution < 1.29 is 38.7 Å². The van der Waals surface area contributed by atoms with Crippen LogP contribution < -0.4 is 10.6 Å². The molecule has 1 aromatic carbocycles. The minimum Gasteiger partial charge on any atom is -0.444 e. The van der Waals surface area contributed by atoms with Crippen molar-refractivity contribution in [1.82, 2.24) is 20.4 Å². The molecule has 0 bridgehead atoms. The van der Waals surface area contributed by atoms with Gasteiger partial charge in [-0.25, -0.2) is 9.59 Å². The zero-order valence-corrected chi connectivity index (χ0v) is 25.6. The first-order chi connectivity index (χ1) is 20.4. The van der Waals surface area contributed by atoms with Gasteiger partial charge >= 0.3 is 19.3 Å². The Morgan fingerprint density at radius 1 is 1.02 bits per heavy atom. The van der Waals surface area contributed by atoms with E-state index in [4.69, 9.17) is 9.47 Å². The van der Waals surface area contributed by atoms with Crippen LogP contribution in [-0.2, 0) is 32.2 Å². The lowest BCUT2D eigenvalue weighted by Crippen LogP contribution is -2.58. The first-order valence-electron chi connectivity index (χ1n) is 15.3. The largest absolute Gasteiger partial charge is 0.475 e. The summed E-state index contributed by atoms with van der Waals surface area (Å²) in [7, 11) is -1.78. The fourth-order valence-electron chi connectivity index (χ4n) is 6.18. The molecule has 0 aromatic heterocycles. The maximum Gasteiger partial charge on any atom is 0.475 e. The number of benzene rings is 1. The molecule has 1 aromatic rings. The molecular weight excluding hydrogens is 555 g/mol. The van der Waals surface area contributed by atoms with E-state index < -0.39 is 60.8 Å². The first-order valence-corrected chi connectivity index (χ1v) is 15.3. The summed E-state index contributed by atoms with van der Waals surface area (Å²) in [4.78, 5) is 56.6. The van der Waals surface area contributed by atoms with Crippen molar-refractivity contribution in [1.29, 1.82) is 0 Å². The van der Waals surface area contributed by atoms with Crippen LogP contribution in [0, 0.1) is 5.92 Å². The summed E-state index contributed by atoms with van der Waals surface area (Å²) in [6.07, 6.45) is 2.60. The fraction of sp³-hybridized carbons (Fsp3) is 0.667. The molecule has 0 unspecified atom stereocenters. The fourth-order valence-corrected chi connectivity index (χ4v) is 6.18. The molecule has 4 rings (SSSR count). The van der Waals surface area contributed by atoms with Gasteiger partial charge in [0.05, 0.1) is 12.5 Å². The summed E-state index contributed by atoms with van der Waals surface area (Å²) in [6.45, 7) is 7.69. The number of fused-ring (bicyclic) bond motifs is 1. The number of ether oxygens (including phenoxy) is 2. The van der Waals surface area contributed by atoms with E-state index in [0.717, 1.165) is 43.2 Å². The molecule has 1 saturated carbocycles. The van der Waals surface area contributed by atoms with Crippen LogP contribution in [0.1, 0.15) is 83.8 Å². The highest BCUT2D eigenvalue weighted by Gasteiger charge is 2.46. The van der Waals surface area contributed by atoms with E-state index in [1.807, 2.05) is 24.3 Å². The molecule has 2 fully saturated rings. The van der Waals surface area contributed by atoms with Crippen molar-refractivity contribution in [3.8, 4) is 0 Å². The number of nitrogens with one attached hydrogen (secondary N) is 2. The van der Waals surface area contributed by atoms with Crippen molar-refractivity contribution in [2.45, 2.75) is 115 Å². The standard InChI is InChI=1S/C30H45BN4O8/c1-5-24(31(40)41)32-26(36)23-15-22(42-29(39)34-16-20-13-9-10-14-21(20)17-34)18-35(23)27(37)25(19-11-7-6-8-12-19)33-28(38)43-30(2,3)4/h9-10,13-14,19,22-25,40-41H,5-8,11-12,15-18H2,1-4H3,(H,32,36)(H,33,38)/t22-,23+,24+,25+/m1/s1. The topological polar surface area (TPSA) is 158 Å². The maximum atomic E-state index is 14.2. The van der Waals surface area contributed by atoms with Crippen molar-refractivity contribution in [3.63, 3.8) is 0 Å². The van der Waals surface area contributed by atoms with E-state index in [-0.39, 0.29) is 25.3 Å². The number of nitrogens with zero attached hydrogens (tertiary/aromatic N) is 2. The third-order valence-corrected chi connectivity index (χ3v) is 8.40. The summed E-state index contributed by atoms with van der Waals surface area (Å²) < 4.78 is 11.3. The molecule has 4 amide bonds. The highest BCUT2D eigenvalue weighted by atomic mass is 16.6. The second kappa shape index (κ2) is 14.0. The minimum absolute atomic E-state index is 0.0336. The van der Waals surface area contributed by atoms with E-state index in [2.05, 4.69) is 10.6 Å². The Balaban J connectivity index is 1.54. The molecule has 4 N–H and O–H groups in total. The van der Waals surface area contributed by atoms with Gasteiger partial charge in [0.15, 0.2) is 0 Å². The third kappa shape index (κ3) is 8.41. The van der Waals surface area contributed by atoms with Crippen molar-refractivity contribution in [3.05, 3.63) is 35.4 Å². The molecule has 3 aliphatic rings. The van der Waals surface area contributed by atoms with Gasteiger partial charge in [0, 0.05) is 19.5 Å². The van der Waals surface area contributed by atoms with Crippen molar-refractivity contribution in [2.24, 2.45) is 5.92 Å². The summed E-state index contributed by atoms with van der Waals surface area (Å²) in [5.74, 6) is -2.13. The van der Waals surface area contributed by atoms with Gasteiger partial charge in [0.1, 0.15) is 23.8 Å². The molecule has 236 valence electrons. The van der Waals surface area contributed by atoms with Gasteiger partial charge in [-0.05, 0) is 57.1 Å². The van der Waals surface area contributed by atoms with E-state index in [1.165, 1.54) is 4.90 Å². The lowest BCUT2D eigenvalue weighted by molar-refractivity contribution is -0.141. The Labute approximate surface area is 253 Å². The molecule has 43 heavy (non-hydrogen) atoms. The number of amides is 4. The van der Waals surface area contributed by atoms with Crippen LogP contribution in [0.5, 0.6) is 0 Å². The summed E-state index contributed by atoms with van der Waals surface area (Å²) in [5.41, 5.74) is 1.31. The van der Waals surface area contributed by atoms with E-state index >= 15 is 0 Å². The quantitative estimate of drug-likeness (QED) is 0.332. The van der Waals surface area contributed by atoms with Crippen molar-refractivity contribution in [2.75, 3.05) is 6.54 Å². The molecule has 4 atom stereocenters. The third-order valence-electron chi connectivity index (χ3n) is 8.40. The van der Waals surface area contributed by atoms with Crippen LogP contribution in [0.25, 0.3) is 0 Å². The Morgan fingerprint density at radius 2 is 1.65 bits per heavy atom. The molecule has 0 spiro atoms. The summed E-state index contributed by atoms with van der Waals surface area (Å²) in [6, 6.07) is 5.78. The van der Waals surface area contributed by atoms with Crippen LogP contribution >= 0.6 is 0 Å². The molecule has 12 nitrogen and oxygen atoms in total. The first kappa shape index (κ1) is 32.6. The second-order valence-corrected chi connectivity index (χ2v) is 12.8. The van der Waals surface area contributed by atoms with E-state index in [1.54, 1.807) is 32.6 Å². The van der Waals surface area contributed by atoms with Gasteiger partial charge in [0.25, 0.3) is 0 Å². The van der Waals surface area contributed by atoms with E-state index in [0.29, 0.717) is 13.1 Å². The van der Waals surface area contributed by atoms with Crippen LogP contribution in [-0.4, -0.2) is 87.2 Å². The maximum absolute atomic E-state index is 14.2. The highest BCUT2D eigenvalue weighted by Crippen LogP contribution is 2.31. The number of carbonyl (C=O) groups excluding carboxylic acids is 4. The SMILES string of the molecule is CC[C@H](NC(=O)[C@@H]1C[C@@H](OC(=O)N2Cc3ccccc3C2)CN1C(=O)[C@@H](NC(=O)OC(C)(C)C)C1CCCCC1)B(O)O. The van der Waals surface area contributed by atoms with E-state index in [9.17, 15) is 29.2 Å². The predicted molar refractivity (Wildman–Crippen MR) is 158 cm³/mol. The van der Waals surface area contributed by atoms with Crippen LogP contribution in [0.15, 0.2) is 24.3 Å². The lowest BCUT2D eigenvalue weighted by Gasteiger charge is -2.35. The van der Waals surface area contributed by atoms with Gasteiger partial charge in [-0.2, -0.15) is 0 Å². The molecule has 2 aliphatic heterocycles. The number of alkyl carbamates (subject to hydrolysis) is 1. The Kier molecular flexibility index (Phi) is 10.6. The molecular formula is C30H45BN4O8. The minimum atomic E-state index is -1.78. The number of hydrogen-bond donors (Lipinski definition) is 4. The zero-order chi connectivity index (χ0) is 31.3. The summed E-state index contributed by atoms with van der Waals surface area (Å²) >= 11 is 0. The average Bonchev–Trinajstić information content (AvgIpc) is 3.58. The molecule has 1 aliphatic carbocycles. The number of hydrogen-bond acceptors (Lipinski definition) is 8. The monoisotopic (exact) mass is 600 g/mol. The Bertz CT molecular complexity index is 1140. The van der Waals surface area contributed by atoms with Crippen LogP contribution in [0.4, 0.5) is 9.59 Å². The second-order valence-electron chi connectivity index (χ2n) is 12.8. The van der Waals surface area contributed by atoms with Gasteiger partial charge in [-0.3, -0.25) is 14.5 Å². The summed E-state index contributed by atoms with van der Waals surface area (Å²) in [5, 5.41) is 24.8. The number of rotatable bonds is 8. The van der Waals surface area contributed by atoms with Gasteiger partial charge in [-0.15, -0.1) is 0 Å². The number of likely N-dealkylation sites (tertiary alicyclic amines) is 1. The lowest BCUT2D eigenvalue weighted by atomic mass is 9.77. The molecule has 2 heterocycles.